The summed E-state index contributed by atoms with van der Waals surface area (Å²) in [5.74, 6) is 0. The predicted molar refractivity (Wildman–Crippen MR) is 41.3 cm³/mol. The van der Waals surface area contributed by atoms with Gasteiger partial charge in [-0.25, -0.2) is 0 Å². The summed E-state index contributed by atoms with van der Waals surface area (Å²) >= 11 is 3.39. The molecule has 0 atom stereocenters. The zero-order valence-electron chi connectivity index (χ0n) is 1.35. The van der Waals surface area contributed by atoms with Gasteiger partial charge in [-0.2, -0.15) is 0 Å². The summed E-state index contributed by atoms with van der Waals surface area (Å²) in [5.41, 5.74) is 0. The zero-order valence-corrected chi connectivity index (χ0v) is 4.46. The van der Waals surface area contributed by atoms with Gasteiger partial charge in [0.2, 0.25) is 0 Å². The van der Waals surface area contributed by atoms with Gasteiger partial charge in [0.1, 0.15) is 0 Å². The van der Waals surface area contributed by atoms with Crippen LogP contribution in [-0.2, 0) is 15.4 Å². The summed E-state index contributed by atoms with van der Waals surface area (Å²) in [7, 11) is 1.06. The Morgan fingerprint density at radius 3 is 1.17 bits per heavy atom. The van der Waals surface area contributed by atoms with Crippen LogP contribution in [0.25, 0.3) is 0 Å². The number of rotatable bonds is 0. The fourth-order valence-corrected chi connectivity index (χ4v) is 0. The van der Waals surface area contributed by atoms with E-state index in [1.54, 1.807) is 0 Å². The van der Waals surface area contributed by atoms with Crippen LogP contribution in [-0.4, -0.2) is 151 Å². The molecule has 0 nitrogen and oxygen atoms in total. The van der Waals surface area contributed by atoms with Crippen molar-refractivity contribution in [1.82, 2.24) is 0 Å². The average molecular weight is 219 g/mol. The van der Waals surface area contributed by atoms with Crippen molar-refractivity contribution in [2.75, 3.05) is 0 Å². The molecule has 0 spiro atoms. The summed E-state index contributed by atoms with van der Waals surface area (Å²) in [4.78, 5) is 0. The molecular weight excluding hydrogens is 210 g/mol. The van der Waals surface area contributed by atoms with Gasteiger partial charge < -0.3 is 0 Å². The molecule has 6 heavy (non-hydrogen) atoms. The molecule has 0 aliphatic carbocycles. The Balaban J connectivity index is -0.000000000833. The molecule has 0 aromatic carbocycles. The van der Waals surface area contributed by atoms with Crippen molar-refractivity contribution in [3.63, 3.8) is 0 Å². The molecule has 0 rings (SSSR count). The second kappa shape index (κ2) is 31.5. The monoisotopic (exact) mass is 219 g/mol. The molecule has 0 aromatic heterocycles. The Labute approximate surface area is 161 Å². The topological polar surface area (TPSA) is 0 Å². The maximum atomic E-state index is 3.39. The summed E-state index contributed by atoms with van der Waals surface area (Å²) < 4.78 is 0. The van der Waals surface area contributed by atoms with Crippen molar-refractivity contribution in [2.45, 2.75) is 0 Å². The molecule has 0 fully saturated rings. The number of hydrogen-bond donors (Lipinski definition) is 0. The molecule has 27 valence electrons. The molecule has 0 heterocycles. The molecule has 0 aromatic rings. The van der Waals surface area contributed by atoms with Crippen LogP contribution in [0, 0.1) is 0 Å². The second-order valence-electron chi connectivity index (χ2n) is 0. The molecule has 0 saturated heterocycles. The van der Waals surface area contributed by atoms with E-state index in [9.17, 15) is 0 Å². The number of hydrogen-bond acceptors (Lipinski definition) is 0. The minimum atomic E-state index is 0. The van der Waals surface area contributed by atoms with Crippen molar-refractivity contribution in [2.24, 2.45) is 0 Å². The first-order valence-corrected chi connectivity index (χ1v) is 4.37. The Bertz CT molecular complexity index is 15.5. The molecule has 0 unspecified atom stereocenters. The third kappa shape index (κ3) is 22.7. The third-order valence-electron chi connectivity index (χ3n) is 0. The van der Waals surface area contributed by atoms with Gasteiger partial charge in [-0.3, -0.25) is 0 Å². The second-order valence-corrected chi connectivity index (χ2v) is 0. The summed E-state index contributed by atoms with van der Waals surface area (Å²) in [5, 5.41) is 0. The Morgan fingerprint density at radius 1 is 1.17 bits per heavy atom. The molecule has 0 bridgehead atoms. The molecular formula is H9CaFeKMgNaSi. The van der Waals surface area contributed by atoms with Gasteiger partial charge in [-0.15, -0.1) is 0 Å². The van der Waals surface area contributed by atoms with Crippen LogP contribution in [0.2, 0.25) is 0 Å². The van der Waals surface area contributed by atoms with Crippen molar-refractivity contribution in [3.05, 3.63) is 0 Å². The van der Waals surface area contributed by atoms with Crippen molar-refractivity contribution >= 4 is 151 Å². The van der Waals surface area contributed by atoms with Crippen LogP contribution in [0.5, 0.6) is 0 Å². The first kappa shape index (κ1) is 30.1. The van der Waals surface area contributed by atoms with E-state index in [0.717, 1.165) is 8.85 Å². The standard InChI is InChI=1S/Ca.Fe.K.Mg.Na.H3Si.6H/h;;;;;1H3;;;;;;. The van der Waals surface area contributed by atoms with Crippen LogP contribution in [0.3, 0.4) is 0 Å². The molecule has 0 aliphatic heterocycles. The van der Waals surface area contributed by atoms with E-state index in [1.807, 2.05) is 0 Å². The molecule has 0 aliphatic rings. The van der Waals surface area contributed by atoms with E-state index >= 15 is 0 Å². The van der Waals surface area contributed by atoms with E-state index in [0.29, 0.717) is 0 Å². The summed E-state index contributed by atoms with van der Waals surface area (Å²) in [6.45, 7) is 0. The van der Waals surface area contributed by atoms with E-state index in [2.05, 4.69) is 15.4 Å². The van der Waals surface area contributed by atoms with Gasteiger partial charge in [-0.05, 0) is 0 Å². The SMILES string of the molecule is [CaH2].[KH].[MgH2].[NaH].[SiH3][Fe]. The van der Waals surface area contributed by atoms with Crippen LogP contribution in [0.15, 0.2) is 0 Å². The van der Waals surface area contributed by atoms with Crippen LogP contribution < -0.4 is 0 Å². The third-order valence-corrected chi connectivity index (χ3v) is 0. The Kier molecular flexibility index (Phi) is 158. The van der Waals surface area contributed by atoms with Gasteiger partial charge in [0.15, 0.2) is 0 Å². The normalized spacial score (nSPS) is 1.50. The summed E-state index contributed by atoms with van der Waals surface area (Å²) in [6.07, 6.45) is 0. The first-order chi connectivity index (χ1) is 1.00. The minimum absolute atomic E-state index is 0. The first-order valence-electron chi connectivity index (χ1n) is 0.354. The van der Waals surface area contributed by atoms with Gasteiger partial charge >= 0.3 is 166 Å². The van der Waals surface area contributed by atoms with Crippen LogP contribution in [0.1, 0.15) is 0 Å². The molecule has 0 radical (unpaired) electrons. The van der Waals surface area contributed by atoms with Crippen molar-refractivity contribution < 1.29 is 15.4 Å². The van der Waals surface area contributed by atoms with Gasteiger partial charge in [-0.1, -0.05) is 0 Å². The molecule has 6 heteroatoms. The van der Waals surface area contributed by atoms with Gasteiger partial charge in [0.25, 0.3) is 0 Å². The zero-order chi connectivity index (χ0) is 2.00. The van der Waals surface area contributed by atoms with Crippen molar-refractivity contribution in [1.29, 1.82) is 0 Å². The fourth-order valence-electron chi connectivity index (χ4n) is 0. The Morgan fingerprint density at radius 2 is 1.17 bits per heavy atom. The van der Waals surface area contributed by atoms with Crippen LogP contribution >= 0.6 is 0 Å². The van der Waals surface area contributed by atoms with E-state index in [-0.39, 0.29) is 142 Å². The Hall–Kier alpha value is 5.40. The van der Waals surface area contributed by atoms with Crippen molar-refractivity contribution in [3.8, 4) is 0 Å². The van der Waals surface area contributed by atoms with Gasteiger partial charge in [0.05, 0.1) is 0 Å². The predicted octanol–water partition coefficient (Wildman–Crippen LogP) is -4.32. The van der Waals surface area contributed by atoms with E-state index in [1.165, 1.54) is 0 Å². The fraction of sp³-hybridized carbons (Fsp3) is 0. The maximum absolute atomic E-state index is 3.39. The van der Waals surface area contributed by atoms with Gasteiger partial charge in [0, 0.05) is 0 Å². The quantitative estimate of drug-likeness (QED) is 0.362. The van der Waals surface area contributed by atoms with E-state index in [4.69, 9.17) is 0 Å². The molecule has 0 amide bonds. The molecule has 0 saturated carbocycles. The average Bonchev–Trinajstić information content (AvgIpc) is 1.00. The van der Waals surface area contributed by atoms with E-state index < -0.39 is 0 Å². The molecule has 0 N–H and O–H groups in total. The van der Waals surface area contributed by atoms with Crippen LogP contribution in [0.4, 0.5) is 0 Å². The summed E-state index contributed by atoms with van der Waals surface area (Å²) in [6, 6.07) is 0.